The number of carbonyl (C=O) groups excluding carboxylic acids is 1. The van der Waals surface area contributed by atoms with E-state index < -0.39 is 5.60 Å². The summed E-state index contributed by atoms with van der Waals surface area (Å²) in [6.07, 6.45) is 1.40. The lowest BCUT2D eigenvalue weighted by Gasteiger charge is -2.19. The van der Waals surface area contributed by atoms with E-state index in [1.54, 1.807) is 0 Å². The average Bonchev–Trinajstić information content (AvgIpc) is 2.43. The zero-order chi connectivity index (χ0) is 17.3. The van der Waals surface area contributed by atoms with Crippen LogP contribution in [-0.4, -0.2) is 50.4 Å². The van der Waals surface area contributed by atoms with Crippen molar-refractivity contribution in [3.05, 3.63) is 29.8 Å². The molecular weight excluding hydrogens is 292 g/mol. The molecule has 0 atom stereocenters. The summed E-state index contributed by atoms with van der Waals surface area (Å²) in [4.78, 5) is 13.7. The number of nitrogens with one attached hydrogen (secondary N) is 1. The van der Waals surface area contributed by atoms with E-state index in [1.807, 2.05) is 45.0 Å². The van der Waals surface area contributed by atoms with E-state index in [4.69, 9.17) is 9.47 Å². The predicted molar refractivity (Wildman–Crippen MR) is 93.0 cm³/mol. The first-order chi connectivity index (χ1) is 10.8. The molecule has 1 N–H and O–H groups in total. The van der Waals surface area contributed by atoms with E-state index in [9.17, 15) is 4.79 Å². The first-order valence-corrected chi connectivity index (χ1v) is 8.09. The predicted octanol–water partition coefficient (Wildman–Crippen LogP) is 3.08. The summed E-state index contributed by atoms with van der Waals surface area (Å²) in [6.45, 7) is 7.85. The van der Waals surface area contributed by atoms with Crippen LogP contribution < -0.4 is 10.1 Å². The topological polar surface area (TPSA) is 50.8 Å². The summed E-state index contributed by atoms with van der Waals surface area (Å²) in [7, 11) is 4.11. The van der Waals surface area contributed by atoms with Gasteiger partial charge in [-0.05, 0) is 65.4 Å². The zero-order valence-electron chi connectivity index (χ0n) is 15.0. The molecule has 0 saturated heterocycles. The van der Waals surface area contributed by atoms with Crippen LogP contribution >= 0.6 is 0 Å². The second-order valence-electron chi connectivity index (χ2n) is 6.83. The number of benzene rings is 1. The van der Waals surface area contributed by atoms with Crippen molar-refractivity contribution in [1.29, 1.82) is 0 Å². The maximum atomic E-state index is 11.5. The molecular formula is C18H30N2O3. The Morgan fingerprint density at radius 2 is 1.83 bits per heavy atom. The quantitative estimate of drug-likeness (QED) is 0.747. The molecule has 0 bridgehead atoms. The van der Waals surface area contributed by atoms with Crippen molar-refractivity contribution in [1.82, 2.24) is 10.2 Å². The molecule has 0 aliphatic rings. The van der Waals surface area contributed by atoms with E-state index >= 15 is 0 Å². The number of ether oxygens (including phenoxy) is 2. The van der Waals surface area contributed by atoms with Crippen molar-refractivity contribution in [2.24, 2.45) is 0 Å². The van der Waals surface area contributed by atoms with Gasteiger partial charge in [0.25, 0.3) is 0 Å². The fraction of sp³-hybridized carbons (Fsp3) is 0.611. The molecule has 1 amide bonds. The largest absolute Gasteiger partial charge is 0.494 e. The van der Waals surface area contributed by atoms with E-state index in [2.05, 4.69) is 24.3 Å². The minimum Gasteiger partial charge on any atom is -0.494 e. The molecule has 1 aromatic carbocycles. The lowest BCUT2D eigenvalue weighted by atomic mass is 10.1. The Morgan fingerprint density at radius 3 is 2.39 bits per heavy atom. The van der Waals surface area contributed by atoms with Crippen LogP contribution in [0.1, 0.15) is 32.8 Å². The first kappa shape index (κ1) is 19.3. The van der Waals surface area contributed by atoms with Gasteiger partial charge in [-0.1, -0.05) is 12.1 Å². The Hall–Kier alpha value is -1.75. The van der Waals surface area contributed by atoms with Crippen molar-refractivity contribution in [2.45, 2.75) is 39.2 Å². The van der Waals surface area contributed by atoms with Crippen molar-refractivity contribution >= 4 is 6.09 Å². The maximum absolute atomic E-state index is 11.5. The minimum absolute atomic E-state index is 0.377. The normalized spacial score (nSPS) is 11.4. The fourth-order valence-electron chi connectivity index (χ4n) is 1.95. The molecule has 5 heteroatoms. The van der Waals surface area contributed by atoms with Gasteiger partial charge in [0.15, 0.2) is 0 Å². The molecule has 0 heterocycles. The summed E-state index contributed by atoms with van der Waals surface area (Å²) >= 11 is 0. The van der Waals surface area contributed by atoms with Gasteiger partial charge in [-0.2, -0.15) is 0 Å². The second-order valence-corrected chi connectivity index (χ2v) is 6.83. The Kier molecular flexibility index (Phi) is 7.89. The van der Waals surface area contributed by atoms with E-state index in [-0.39, 0.29) is 6.09 Å². The van der Waals surface area contributed by atoms with Crippen molar-refractivity contribution in [3.8, 4) is 5.75 Å². The van der Waals surface area contributed by atoms with Crippen molar-refractivity contribution in [3.63, 3.8) is 0 Å². The Morgan fingerprint density at radius 1 is 1.17 bits per heavy atom. The molecule has 0 fully saturated rings. The smallest absolute Gasteiger partial charge is 0.407 e. The minimum atomic E-state index is -0.463. The lowest BCUT2D eigenvalue weighted by molar-refractivity contribution is 0.0528. The molecule has 0 aliphatic heterocycles. The van der Waals surface area contributed by atoms with Gasteiger partial charge in [-0.3, -0.25) is 0 Å². The van der Waals surface area contributed by atoms with Crippen molar-refractivity contribution < 1.29 is 14.3 Å². The SMILES string of the molecule is CN(C)CCCOc1ccc(CCNC(=O)OC(C)(C)C)cc1. The number of amides is 1. The molecule has 130 valence electrons. The lowest BCUT2D eigenvalue weighted by Crippen LogP contribution is -2.33. The van der Waals surface area contributed by atoms with Crippen LogP contribution in [0.15, 0.2) is 24.3 Å². The molecule has 0 radical (unpaired) electrons. The van der Waals surface area contributed by atoms with Gasteiger partial charge in [-0.25, -0.2) is 4.79 Å². The molecule has 1 rings (SSSR count). The van der Waals surface area contributed by atoms with Crippen LogP contribution in [0.2, 0.25) is 0 Å². The van der Waals surface area contributed by atoms with Crippen molar-refractivity contribution in [2.75, 3.05) is 33.8 Å². The molecule has 1 aromatic rings. The molecule has 0 spiro atoms. The summed E-state index contributed by atoms with van der Waals surface area (Å²) < 4.78 is 10.9. The molecule has 0 unspecified atom stereocenters. The number of alkyl carbamates (subject to hydrolysis) is 1. The fourth-order valence-corrected chi connectivity index (χ4v) is 1.95. The molecule has 5 nitrogen and oxygen atoms in total. The number of nitrogens with zero attached hydrogens (tertiary/aromatic N) is 1. The third-order valence-corrected chi connectivity index (χ3v) is 3.02. The first-order valence-electron chi connectivity index (χ1n) is 8.09. The molecule has 23 heavy (non-hydrogen) atoms. The molecule has 0 aliphatic carbocycles. The van der Waals surface area contributed by atoms with Crippen LogP contribution in [0.3, 0.4) is 0 Å². The third kappa shape index (κ3) is 9.79. The van der Waals surface area contributed by atoms with Crippen LogP contribution in [0.5, 0.6) is 5.75 Å². The highest BCUT2D eigenvalue weighted by molar-refractivity contribution is 5.67. The Labute approximate surface area is 140 Å². The van der Waals surface area contributed by atoms with Gasteiger partial charge in [0, 0.05) is 13.1 Å². The number of hydrogen-bond donors (Lipinski definition) is 1. The van der Waals surface area contributed by atoms with Gasteiger partial charge >= 0.3 is 6.09 Å². The molecule has 0 aromatic heterocycles. The van der Waals surface area contributed by atoms with E-state index in [1.165, 1.54) is 0 Å². The van der Waals surface area contributed by atoms with Crippen LogP contribution in [0, 0.1) is 0 Å². The highest BCUT2D eigenvalue weighted by Crippen LogP contribution is 2.13. The number of rotatable bonds is 8. The highest BCUT2D eigenvalue weighted by atomic mass is 16.6. The summed E-state index contributed by atoms with van der Waals surface area (Å²) in [5.74, 6) is 0.882. The number of carbonyl (C=O) groups is 1. The summed E-state index contributed by atoms with van der Waals surface area (Å²) in [6, 6.07) is 7.99. The van der Waals surface area contributed by atoms with E-state index in [0.717, 1.165) is 37.3 Å². The van der Waals surface area contributed by atoms with Gasteiger partial charge in [0.05, 0.1) is 6.61 Å². The van der Waals surface area contributed by atoms with Gasteiger partial charge < -0.3 is 19.7 Å². The summed E-state index contributed by atoms with van der Waals surface area (Å²) in [5, 5.41) is 2.76. The van der Waals surface area contributed by atoms with Gasteiger partial charge in [-0.15, -0.1) is 0 Å². The summed E-state index contributed by atoms with van der Waals surface area (Å²) in [5.41, 5.74) is 0.692. The van der Waals surface area contributed by atoms with Crippen LogP contribution in [0.25, 0.3) is 0 Å². The Balaban J connectivity index is 2.25. The number of hydrogen-bond acceptors (Lipinski definition) is 4. The average molecular weight is 322 g/mol. The standard InChI is InChI=1S/C18H30N2O3/c1-18(2,3)23-17(21)19-12-11-15-7-9-16(10-8-15)22-14-6-13-20(4)5/h7-10H,6,11-14H2,1-5H3,(H,19,21). The van der Waals surface area contributed by atoms with Gasteiger partial charge in [0.1, 0.15) is 11.4 Å². The van der Waals surface area contributed by atoms with E-state index in [0.29, 0.717) is 6.54 Å². The Bertz CT molecular complexity index is 464. The second kappa shape index (κ2) is 9.40. The third-order valence-electron chi connectivity index (χ3n) is 3.02. The van der Waals surface area contributed by atoms with Gasteiger partial charge in [0.2, 0.25) is 0 Å². The zero-order valence-corrected chi connectivity index (χ0v) is 15.0. The molecule has 0 saturated carbocycles. The monoisotopic (exact) mass is 322 g/mol. The maximum Gasteiger partial charge on any atom is 0.407 e. The van der Waals surface area contributed by atoms with Crippen LogP contribution in [-0.2, 0) is 11.2 Å². The van der Waals surface area contributed by atoms with Crippen LogP contribution in [0.4, 0.5) is 4.79 Å². The highest BCUT2D eigenvalue weighted by Gasteiger charge is 2.15.